The Morgan fingerprint density at radius 1 is 0.479 bits per heavy atom. The minimum Gasteiger partial charge on any atom is -0.309 e. The summed E-state index contributed by atoms with van der Waals surface area (Å²) in [4.78, 5) is 16.4. The lowest BCUT2D eigenvalue weighted by atomic mass is 9.92. The molecular formula is C45H32N2O. The molecular weight excluding hydrogens is 585 g/mol. The summed E-state index contributed by atoms with van der Waals surface area (Å²) in [7, 11) is 0. The van der Waals surface area contributed by atoms with Gasteiger partial charge in [0.15, 0.2) is 0 Å². The van der Waals surface area contributed by atoms with Crippen LogP contribution in [0.2, 0.25) is 0 Å². The minimum atomic E-state index is 0.0237. The van der Waals surface area contributed by atoms with E-state index in [0.29, 0.717) is 6.54 Å². The number of aromatic nitrogens is 1. The van der Waals surface area contributed by atoms with Crippen molar-refractivity contribution in [2.75, 3.05) is 4.90 Å². The van der Waals surface area contributed by atoms with E-state index in [4.69, 9.17) is 0 Å². The number of amides is 1. The highest BCUT2D eigenvalue weighted by Gasteiger charge is 2.33. The Morgan fingerprint density at radius 2 is 1.10 bits per heavy atom. The van der Waals surface area contributed by atoms with Gasteiger partial charge in [-0.15, -0.1) is 0 Å². The molecule has 9 rings (SSSR count). The standard InChI is InChI=1S/C45H32N2O/c1-30-14-8-9-19-34(30)33-26-27-37-36-20-10-11-23-40(36)47(43(37)28-33)41-24-13-22-38-39(41)29-46(45(38)48)42-25-12-21-35(31-15-4-2-5-16-31)44(42)32-17-6-3-7-18-32/h2-28H,29H2,1H3. The molecule has 3 nitrogen and oxygen atoms in total. The van der Waals surface area contributed by atoms with E-state index in [0.717, 1.165) is 55.8 Å². The first-order valence-electron chi connectivity index (χ1n) is 16.4. The maximum absolute atomic E-state index is 14.5. The fourth-order valence-electron chi connectivity index (χ4n) is 7.55. The summed E-state index contributed by atoms with van der Waals surface area (Å²) in [5.74, 6) is 0.0237. The Kier molecular flexibility index (Phi) is 6.58. The van der Waals surface area contributed by atoms with Gasteiger partial charge in [0.1, 0.15) is 0 Å². The third-order valence-corrected chi connectivity index (χ3v) is 9.79. The lowest BCUT2D eigenvalue weighted by Crippen LogP contribution is -2.23. The summed E-state index contributed by atoms with van der Waals surface area (Å²) >= 11 is 0. The zero-order valence-electron chi connectivity index (χ0n) is 26.6. The molecule has 0 unspecified atom stereocenters. The number of fused-ring (bicyclic) bond motifs is 4. The molecule has 0 bridgehead atoms. The van der Waals surface area contributed by atoms with Crippen LogP contribution in [0.4, 0.5) is 5.69 Å². The third kappa shape index (κ3) is 4.39. The molecule has 228 valence electrons. The monoisotopic (exact) mass is 616 g/mol. The zero-order valence-corrected chi connectivity index (χ0v) is 26.6. The molecule has 7 aromatic carbocycles. The second-order valence-corrected chi connectivity index (χ2v) is 12.5. The summed E-state index contributed by atoms with van der Waals surface area (Å²) in [6.45, 7) is 2.64. The zero-order chi connectivity index (χ0) is 32.2. The number of rotatable bonds is 5. The molecule has 0 saturated carbocycles. The van der Waals surface area contributed by atoms with Crippen LogP contribution >= 0.6 is 0 Å². The van der Waals surface area contributed by atoms with Crippen LogP contribution in [0, 0.1) is 6.92 Å². The van der Waals surface area contributed by atoms with Crippen molar-refractivity contribution >= 4 is 33.4 Å². The molecule has 2 heterocycles. The summed E-state index contributed by atoms with van der Waals surface area (Å²) in [5.41, 5.74) is 14.0. The van der Waals surface area contributed by atoms with Gasteiger partial charge >= 0.3 is 0 Å². The first-order valence-corrected chi connectivity index (χ1v) is 16.4. The van der Waals surface area contributed by atoms with E-state index in [2.05, 4.69) is 151 Å². The number of anilines is 1. The van der Waals surface area contributed by atoms with E-state index in [9.17, 15) is 4.79 Å². The Balaban J connectivity index is 1.24. The van der Waals surface area contributed by atoms with Crippen LogP contribution in [-0.2, 0) is 6.54 Å². The second kappa shape index (κ2) is 11.3. The lowest BCUT2D eigenvalue weighted by Gasteiger charge is -2.23. The highest BCUT2D eigenvalue weighted by atomic mass is 16.2. The summed E-state index contributed by atoms with van der Waals surface area (Å²) in [6, 6.07) is 57.3. The molecule has 1 aliphatic rings. The Bertz CT molecular complexity index is 2510. The number of aryl methyl sites for hydroxylation is 1. The molecule has 1 aliphatic heterocycles. The Morgan fingerprint density at radius 3 is 1.90 bits per heavy atom. The number of carbonyl (C=O) groups excluding carboxylic acids is 1. The topological polar surface area (TPSA) is 25.2 Å². The van der Waals surface area contributed by atoms with Gasteiger partial charge in [0.25, 0.3) is 5.91 Å². The van der Waals surface area contributed by atoms with Crippen LogP contribution in [0.25, 0.3) is 60.9 Å². The quantitative estimate of drug-likeness (QED) is 0.189. The van der Waals surface area contributed by atoms with E-state index in [-0.39, 0.29) is 5.91 Å². The van der Waals surface area contributed by atoms with Crippen molar-refractivity contribution in [1.29, 1.82) is 0 Å². The van der Waals surface area contributed by atoms with Crippen LogP contribution in [0.15, 0.2) is 164 Å². The van der Waals surface area contributed by atoms with Crippen LogP contribution in [-0.4, -0.2) is 10.5 Å². The number of carbonyl (C=O) groups is 1. The van der Waals surface area contributed by atoms with Gasteiger partial charge in [-0.3, -0.25) is 4.79 Å². The lowest BCUT2D eigenvalue weighted by molar-refractivity contribution is 0.0996. The average Bonchev–Trinajstić information content (AvgIpc) is 3.66. The van der Waals surface area contributed by atoms with E-state index in [1.165, 1.54) is 27.5 Å². The van der Waals surface area contributed by atoms with Gasteiger partial charge in [0.05, 0.1) is 29.0 Å². The molecule has 0 atom stereocenters. The predicted octanol–water partition coefficient (Wildman–Crippen LogP) is 11.3. The first-order chi connectivity index (χ1) is 23.7. The SMILES string of the molecule is Cc1ccccc1-c1ccc2c3ccccc3n(-c3cccc4c3CN(c3cccc(-c5ccccc5)c3-c3ccccc3)C4=O)c2c1. The first kappa shape index (κ1) is 28.1. The summed E-state index contributed by atoms with van der Waals surface area (Å²) < 4.78 is 2.36. The van der Waals surface area contributed by atoms with Crippen molar-refractivity contribution in [2.24, 2.45) is 0 Å². The second-order valence-electron chi connectivity index (χ2n) is 12.5. The van der Waals surface area contributed by atoms with Crippen molar-refractivity contribution < 1.29 is 4.79 Å². The van der Waals surface area contributed by atoms with Crippen molar-refractivity contribution in [3.05, 3.63) is 180 Å². The number of para-hydroxylation sites is 1. The highest BCUT2D eigenvalue weighted by Crippen LogP contribution is 2.44. The molecule has 0 spiro atoms. The van der Waals surface area contributed by atoms with Crippen LogP contribution in [0.5, 0.6) is 0 Å². The van der Waals surface area contributed by atoms with E-state index < -0.39 is 0 Å². The van der Waals surface area contributed by atoms with Gasteiger partial charge in [-0.05, 0) is 70.6 Å². The molecule has 0 fully saturated rings. The van der Waals surface area contributed by atoms with Gasteiger partial charge in [0.2, 0.25) is 0 Å². The van der Waals surface area contributed by atoms with Crippen molar-refractivity contribution in [2.45, 2.75) is 13.5 Å². The molecule has 1 aromatic heterocycles. The number of benzene rings is 7. The highest BCUT2D eigenvalue weighted by molar-refractivity contribution is 6.15. The molecule has 0 aliphatic carbocycles. The molecule has 0 saturated heterocycles. The summed E-state index contributed by atoms with van der Waals surface area (Å²) in [6.07, 6.45) is 0. The maximum atomic E-state index is 14.5. The smallest absolute Gasteiger partial charge is 0.259 e. The van der Waals surface area contributed by atoms with E-state index in [1.807, 2.05) is 29.2 Å². The van der Waals surface area contributed by atoms with Gasteiger partial charge < -0.3 is 9.47 Å². The molecule has 48 heavy (non-hydrogen) atoms. The maximum Gasteiger partial charge on any atom is 0.259 e. The number of nitrogens with zero attached hydrogens (tertiary/aromatic N) is 2. The van der Waals surface area contributed by atoms with Crippen LogP contribution < -0.4 is 4.90 Å². The normalized spacial score (nSPS) is 12.6. The van der Waals surface area contributed by atoms with Crippen molar-refractivity contribution in [1.82, 2.24) is 4.57 Å². The van der Waals surface area contributed by atoms with Gasteiger partial charge in [-0.25, -0.2) is 0 Å². The number of hydrogen-bond acceptors (Lipinski definition) is 1. The van der Waals surface area contributed by atoms with Crippen molar-refractivity contribution in [3.63, 3.8) is 0 Å². The van der Waals surface area contributed by atoms with E-state index in [1.54, 1.807) is 0 Å². The minimum absolute atomic E-state index is 0.0237. The summed E-state index contributed by atoms with van der Waals surface area (Å²) in [5, 5.41) is 2.40. The molecule has 0 N–H and O–H groups in total. The largest absolute Gasteiger partial charge is 0.309 e. The van der Waals surface area contributed by atoms with Gasteiger partial charge in [-0.2, -0.15) is 0 Å². The third-order valence-electron chi connectivity index (χ3n) is 9.79. The predicted molar refractivity (Wildman–Crippen MR) is 199 cm³/mol. The fraction of sp³-hybridized carbons (Fsp3) is 0.0444. The average molecular weight is 617 g/mol. The fourth-order valence-corrected chi connectivity index (χ4v) is 7.55. The van der Waals surface area contributed by atoms with Gasteiger partial charge in [-0.1, -0.05) is 133 Å². The molecule has 8 aromatic rings. The van der Waals surface area contributed by atoms with Crippen LogP contribution in [0.1, 0.15) is 21.5 Å². The Hall–Kier alpha value is -6.19. The van der Waals surface area contributed by atoms with Crippen molar-refractivity contribution in [3.8, 4) is 39.1 Å². The molecule has 0 radical (unpaired) electrons. The molecule has 3 heteroatoms. The number of hydrogen-bond donors (Lipinski definition) is 0. The van der Waals surface area contributed by atoms with E-state index >= 15 is 0 Å². The van der Waals surface area contributed by atoms with Crippen LogP contribution in [0.3, 0.4) is 0 Å². The molecule has 1 amide bonds. The Labute approximate surface area is 280 Å². The van der Waals surface area contributed by atoms with Gasteiger partial charge in [0, 0.05) is 27.5 Å².